The first-order valence-electron chi connectivity index (χ1n) is 6.51. The van der Waals surface area contributed by atoms with Crippen LogP contribution in [0.25, 0.3) is 5.65 Å². The van der Waals surface area contributed by atoms with Crippen molar-refractivity contribution in [1.29, 1.82) is 0 Å². The van der Waals surface area contributed by atoms with Crippen LogP contribution in [0.4, 0.5) is 0 Å². The van der Waals surface area contributed by atoms with Crippen LogP contribution < -0.4 is 0 Å². The minimum Gasteiger partial charge on any atom is -0.396 e. The smallest absolute Gasteiger partial charge is 0.152 e. The zero-order valence-corrected chi connectivity index (χ0v) is 12.5. The number of hydrogen-bond donors (Lipinski definition) is 2. The average Bonchev–Trinajstić information content (AvgIpc) is 2.75. The summed E-state index contributed by atoms with van der Waals surface area (Å²) >= 11 is 6.19. The topological polar surface area (TPSA) is 61.0 Å². The Hall–Kier alpha value is -1.14. The van der Waals surface area contributed by atoms with Crippen LogP contribution in [0.3, 0.4) is 0 Å². The van der Waals surface area contributed by atoms with Crippen LogP contribution in [-0.2, 0) is 6.54 Å². The fourth-order valence-electron chi connectivity index (χ4n) is 2.27. The maximum Gasteiger partial charge on any atom is 0.152 e. The van der Waals surface area contributed by atoms with Gasteiger partial charge in [-0.05, 0) is 19.2 Å². The van der Waals surface area contributed by atoms with E-state index in [1.54, 1.807) is 0 Å². The van der Waals surface area contributed by atoms with Gasteiger partial charge in [-0.1, -0.05) is 24.6 Å². The standard InChI is InChI=1S/C14H20ClN3O2/c1-14(9-19,10-20)8-17(2)7-11-13(15)16-12-5-3-4-6-18(11)12/h3-6,19-20H,7-10H2,1-2H3. The number of aromatic nitrogens is 2. The maximum absolute atomic E-state index is 9.36. The molecule has 6 heteroatoms. The predicted molar refractivity (Wildman–Crippen MR) is 78.8 cm³/mol. The van der Waals surface area contributed by atoms with Crippen LogP contribution in [0, 0.1) is 5.41 Å². The molecule has 0 aliphatic carbocycles. The van der Waals surface area contributed by atoms with Crippen molar-refractivity contribution in [3.05, 3.63) is 35.2 Å². The van der Waals surface area contributed by atoms with E-state index < -0.39 is 5.41 Å². The van der Waals surface area contributed by atoms with E-state index in [2.05, 4.69) is 4.98 Å². The second kappa shape index (κ2) is 6.10. The highest BCUT2D eigenvalue weighted by atomic mass is 35.5. The van der Waals surface area contributed by atoms with E-state index in [4.69, 9.17) is 11.6 Å². The summed E-state index contributed by atoms with van der Waals surface area (Å²) in [6.45, 7) is 2.89. The molecule has 20 heavy (non-hydrogen) atoms. The van der Waals surface area contributed by atoms with Crippen LogP contribution in [0.5, 0.6) is 0 Å². The van der Waals surface area contributed by atoms with Gasteiger partial charge in [-0.2, -0.15) is 0 Å². The van der Waals surface area contributed by atoms with Crippen molar-refractivity contribution < 1.29 is 10.2 Å². The van der Waals surface area contributed by atoms with Crippen molar-refractivity contribution in [3.63, 3.8) is 0 Å². The van der Waals surface area contributed by atoms with E-state index in [1.165, 1.54) is 0 Å². The van der Waals surface area contributed by atoms with E-state index in [-0.39, 0.29) is 13.2 Å². The zero-order chi connectivity index (χ0) is 14.8. The molecule has 0 fully saturated rings. The predicted octanol–water partition coefficient (Wildman–Crippen LogP) is 1.41. The Labute approximate surface area is 123 Å². The molecule has 0 bridgehead atoms. The van der Waals surface area contributed by atoms with Crippen LogP contribution in [0.2, 0.25) is 5.15 Å². The second-order valence-electron chi connectivity index (χ2n) is 5.58. The summed E-state index contributed by atoms with van der Waals surface area (Å²) in [5.41, 5.74) is 1.19. The Bertz CT molecular complexity index is 581. The van der Waals surface area contributed by atoms with Gasteiger partial charge in [-0.15, -0.1) is 0 Å². The summed E-state index contributed by atoms with van der Waals surface area (Å²) in [4.78, 5) is 6.33. The van der Waals surface area contributed by atoms with Gasteiger partial charge in [0, 0.05) is 24.7 Å². The number of fused-ring (bicyclic) bond motifs is 1. The molecular formula is C14H20ClN3O2. The maximum atomic E-state index is 9.36. The number of imidazole rings is 1. The largest absolute Gasteiger partial charge is 0.396 e. The van der Waals surface area contributed by atoms with Crippen LogP contribution in [-0.4, -0.2) is 51.3 Å². The average molecular weight is 298 g/mol. The van der Waals surface area contributed by atoms with Crippen molar-refractivity contribution in [3.8, 4) is 0 Å². The molecule has 2 rings (SSSR count). The van der Waals surface area contributed by atoms with E-state index in [0.29, 0.717) is 18.2 Å². The van der Waals surface area contributed by atoms with Crippen molar-refractivity contribution in [2.75, 3.05) is 26.8 Å². The Kier molecular flexibility index (Phi) is 4.65. The lowest BCUT2D eigenvalue weighted by molar-refractivity contribution is 0.0399. The molecule has 0 unspecified atom stereocenters. The lowest BCUT2D eigenvalue weighted by atomic mass is 9.92. The summed E-state index contributed by atoms with van der Waals surface area (Å²) in [6.07, 6.45) is 1.93. The van der Waals surface area contributed by atoms with Crippen molar-refractivity contribution >= 4 is 17.2 Å². The molecule has 0 saturated heterocycles. The van der Waals surface area contributed by atoms with E-state index in [0.717, 1.165) is 11.3 Å². The van der Waals surface area contributed by atoms with Crippen molar-refractivity contribution in [2.45, 2.75) is 13.5 Å². The molecule has 0 aliphatic rings. The SMILES string of the molecule is CN(Cc1c(Cl)nc2ccccn12)CC(C)(CO)CO. The fraction of sp³-hybridized carbons (Fsp3) is 0.500. The van der Waals surface area contributed by atoms with E-state index in [9.17, 15) is 10.2 Å². The van der Waals surface area contributed by atoms with Crippen molar-refractivity contribution in [2.24, 2.45) is 5.41 Å². The second-order valence-corrected chi connectivity index (χ2v) is 5.94. The van der Waals surface area contributed by atoms with E-state index >= 15 is 0 Å². The number of aliphatic hydroxyl groups is 2. The number of halogens is 1. The molecule has 2 heterocycles. The molecule has 0 spiro atoms. The molecule has 0 aliphatic heterocycles. The first-order valence-corrected chi connectivity index (χ1v) is 6.88. The summed E-state index contributed by atoms with van der Waals surface area (Å²) in [5, 5.41) is 19.2. The summed E-state index contributed by atoms with van der Waals surface area (Å²) in [7, 11) is 1.93. The molecule has 2 aromatic heterocycles. The third kappa shape index (κ3) is 3.12. The van der Waals surface area contributed by atoms with E-state index in [1.807, 2.05) is 47.7 Å². The highest BCUT2D eigenvalue weighted by Crippen LogP contribution is 2.21. The molecule has 2 aromatic rings. The summed E-state index contributed by atoms with van der Waals surface area (Å²) < 4.78 is 1.95. The Morgan fingerprint density at radius 2 is 2.05 bits per heavy atom. The van der Waals surface area contributed by atoms with Gasteiger partial charge < -0.3 is 14.6 Å². The van der Waals surface area contributed by atoms with Crippen LogP contribution >= 0.6 is 11.6 Å². The summed E-state index contributed by atoms with van der Waals surface area (Å²) in [5.74, 6) is 0. The molecule has 5 nitrogen and oxygen atoms in total. The fourth-order valence-corrected chi connectivity index (χ4v) is 2.51. The highest BCUT2D eigenvalue weighted by molar-refractivity contribution is 6.30. The van der Waals surface area contributed by atoms with Gasteiger partial charge in [-0.3, -0.25) is 4.90 Å². The number of aliphatic hydroxyl groups excluding tert-OH is 2. The molecule has 0 radical (unpaired) electrons. The minimum atomic E-state index is -0.526. The van der Waals surface area contributed by atoms with Crippen molar-refractivity contribution in [1.82, 2.24) is 14.3 Å². The monoisotopic (exact) mass is 297 g/mol. The number of pyridine rings is 1. The quantitative estimate of drug-likeness (QED) is 0.846. The van der Waals surface area contributed by atoms with Gasteiger partial charge in [0.1, 0.15) is 5.65 Å². The van der Waals surface area contributed by atoms with Gasteiger partial charge in [-0.25, -0.2) is 4.98 Å². The number of rotatable bonds is 6. The molecule has 110 valence electrons. The normalized spacial score (nSPS) is 12.5. The molecule has 0 atom stereocenters. The molecule has 0 saturated carbocycles. The third-order valence-corrected chi connectivity index (χ3v) is 3.72. The van der Waals surface area contributed by atoms with Crippen LogP contribution in [0.1, 0.15) is 12.6 Å². The lowest BCUT2D eigenvalue weighted by Gasteiger charge is -2.30. The molecule has 2 N–H and O–H groups in total. The molecule has 0 amide bonds. The molecule has 0 aromatic carbocycles. The Balaban J connectivity index is 2.18. The number of hydrogen-bond acceptors (Lipinski definition) is 4. The van der Waals surface area contributed by atoms with Gasteiger partial charge in [0.25, 0.3) is 0 Å². The van der Waals surface area contributed by atoms with Crippen LogP contribution in [0.15, 0.2) is 24.4 Å². The highest BCUT2D eigenvalue weighted by Gasteiger charge is 2.25. The third-order valence-electron chi connectivity index (χ3n) is 3.41. The zero-order valence-electron chi connectivity index (χ0n) is 11.8. The number of nitrogens with zero attached hydrogens (tertiary/aromatic N) is 3. The Morgan fingerprint density at radius 1 is 1.35 bits per heavy atom. The molecular weight excluding hydrogens is 278 g/mol. The Morgan fingerprint density at radius 3 is 2.70 bits per heavy atom. The lowest BCUT2D eigenvalue weighted by Crippen LogP contribution is -2.38. The van der Waals surface area contributed by atoms with Gasteiger partial charge in [0.2, 0.25) is 0 Å². The minimum absolute atomic E-state index is 0.0608. The first kappa shape index (κ1) is 15.3. The van der Waals surface area contributed by atoms with Gasteiger partial charge >= 0.3 is 0 Å². The van der Waals surface area contributed by atoms with Gasteiger partial charge in [0.15, 0.2) is 5.15 Å². The van der Waals surface area contributed by atoms with Gasteiger partial charge in [0.05, 0.1) is 18.9 Å². The first-order chi connectivity index (χ1) is 9.49. The summed E-state index contributed by atoms with van der Waals surface area (Å²) in [6, 6.07) is 5.75.